The zero-order valence-electron chi connectivity index (χ0n) is 11.2. The molecule has 0 radical (unpaired) electrons. The molecule has 0 fully saturated rings. The molecule has 18 heavy (non-hydrogen) atoms. The average Bonchev–Trinajstić information content (AvgIpc) is 2.72. The number of anilines is 1. The lowest BCUT2D eigenvalue weighted by molar-refractivity contribution is 0.706. The molecule has 1 aromatic carbocycles. The fraction of sp³-hybridized carbons (Fsp3) is 0.400. The largest absolute Gasteiger partial charge is 0.382 e. The van der Waals surface area contributed by atoms with Crippen LogP contribution in [0.3, 0.4) is 0 Å². The van der Waals surface area contributed by atoms with Gasteiger partial charge in [0.25, 0.3) is 0 Å². The molecular weight excluding hydrogens is 222 g/mol. The summed E-state index contributed by atoms with van der Waals surface area (Å²) in [5.41, 5.74) is 10.6. The number of aryl methyl sites for hydroxylation is 2. The van der Waals surface area contributed by atoms with Crippen LogP contribution in [-0.4, -0.2) is 10.2 Å². The van der Waals surface area contributed by atoms with Gasteiger partial charge in [0.15, 0.2) is 5.82 Å². The summed E-state index contributed by atoms with van der Waals surface area (Å²) < 4.78 is 0. The van der Waals surface area contributed by atoms with Crippen molar-refractivity contribution in [2.45, 2.75) is 39.5 Å². The van der Waals surface area contributed by atoms with Gasteiger partial charge in [0.05, 0.1) is 0 Å². The zero-order chi connectivity index (χ0) is 13.0. The minimum absolute atomic E-state index is 0.602. The van der Waals surface area contributed by atoms with Crippen molar-refractivity contribution in [1.29, 1.82) is 0 Å². The fourth-order valence-electron chi connectivity index (χ4n) is 2.17. The summed E-state index contributed by atoms with van der Waals surface area (Å²) in [7, 11) is 0. The number of nitrogens with one attached hydrogen (secondary N) is 1. The van der Waals surface area contributed by atoms with E-state index in [4.69, 9.17) is 5.73 Å². The van der Waals surface area contributed by atoms with Crippen molar-refractivity contribution in [2.24, 2.45) is 0 Å². The monoisotopic (exact) mass is 243 g/mol. The molecule has 3 N–H and O–H groups in total. The van der Waals surface area contributed by atoms with Gasteiger partial charge in [-0.05, 0) is 25.3 Å². The van der Waals surface area contributed by atoms with E-state index in [2.05, 4.69) is 48.3 Å². The smallest absolute Gasteiger partial charge is 0.153 e. The van der Waals surface area contributed by atoms with E-state index in [9.17, 15) is 0 Å². The van der Waals surface area contributed by atoms with Crippen LogP contribution in [0, 0.1) is 6.92 Å². The second kappa shape index (κ2) is 5.71. The third-order valence-electron chi connectivity index (χ3n) is 3.24. The quantitative estimate of drug-likeness (QED) is 0.787. The van der Waals surface area contributed by atoms with E-state index in [0.29, 0.717) is 5.82 Å². The van der Waals surface area contributed by atoms with Gasteiger partial charge in [-0.3, -0.25) is 5.10 Å². The van der Waals surface area contributed by atoms with Crippen molar-refractivity contribution in [2.75, 3.05) is 5.73 Å². The lowest BCUT2D eigenvalue weighted by Gasteiger charge is -2.05. The number of H-pyrrole nitrogens is 1. The molecule has 3 nitrogen and oxygen atoms in total. The Bertz CT molecular complexity index is 497. The molecule has 0 unspecified atom stereocenters. The highest BCUT2D eigenvalue weighted by molar-refractivity contribution is 5.76. The van der Waals surface area contributed by atoms with Crippen LogP contribution < -0.4 is 5.73 Å². The third kappa shape index (κ3) is 2.73. The fourth-order valence-corrected chi connectivity index (χ4v) is 2.17. The zero-order valence-corrected chi connectivity index (χ0v) is 11.2. The highest BCUT2D eigenvalue weighted by atomic mass is 15.2. The molecule has 0 amide bonds. The van der Waals surface area contributed by atoms with Crippen LogP contribution in [0.15, 0.2) is 24.3 Å². The van der Waals surface area contributed by atoms with Crippen molar-refractivity contribution in [3.05, 3.63) is 35.5 Å². The van der Waals surface area contributed by atoms with Gasteiger partial charge in [0.2, 0.25) is 0 Å². The Labute approximate surface area is 108 Å². The minimum atomic E-state index is 0.602. The molecule has 0 aliphatic carbocycles. The Balaban J connectivity index is 2.25. The van der Waals surface area contributed by atoms with Gasteiger partial charge < -0.3 is 5.73 Å². The third-order valence-corrected chi connectivity index (χ3v) is 3.24. The lowest BCUT2D eigenvalue weighted by Crippen LogP contribution is -1.92. The first kappa shape index (κ1) is 12.7. The second-order valence-electron chi connectivity index (χ2n) is 4.79. The summed E-state index contributed by atoms with van der Waals surface area (Å²) in [4.78, 5) is 0. The maximum Gasteiger partial charge on any atom is 0.153 e. The Morgan fingerprint density at radius 2 is 1.89 bits per heavy atom. The highest BCUT2D eigenvalue weighted by Crippen LogP contribution is 2.29. The minimum Gasteiger partial charge on any atom is -0.382 e. The van der Waals surface area contributed by atoms with Crippen molar-refractivity contribution < 1.29 is 0 Å². The van der Waals surface area contributed by atoms with E-state index in [0.717, 1.165) is 23.2 Å². The van der Waals surface area contributed by atoms with Crippen molar-refractivity contribution in [3.8, 4) is 11.1 Å². The van der Waals surface area contributed by atoms with Crippen molar-refractivity contribution >= 4 is 5.82 Å². The Morgan fingerprint density at radius 3 is 2.56 bits per heavy atom. The predicted octanol–water partition coefficient (Wildman–Crippen LogP) is 3.70. The number of unbranched alkanes of at least 4 members (excludes halogenated alkanes) is 2. The molecule has 96 valence electrons. The molecule has 0 aliphatic heterocycles. The molecule has 0 bridgehead atoms. The van der Waals surface area contributed by atoms with Crippen LogP contribution >= 0.6 is 0 Å². The standard InChI is InChI=1S/C15H21N3/c1-3-4-5-6-13-14(15(16)18-17-13)12-9-7-11(2)8-10-12/h7-10H,3-6H2,1-2H3,(H3,16,17,18). The summed E-state index contributed by atoms with van der Waals surface area (Å²) in [5.74, 6) is 0.602. The topological polar surface area (TPSA) is 54.7 Å². The number of nitrogens with zero attached hydrogens (tertiary/aromatic N) is 1. The predicted molar refractivity (Wildman–Crippen MR) is 76.4 cm³/mol. The van der Waals surface area contributed by atoms with Gasteiger partial charge in [0.1, 0.15) is 0 Å². The van der Waals surface area contributed by atoms with Crippen LogP contribution in [0.2, 0.25) is 0 Å². The Hall–Kier alpha value is -1.77. The molecule has 3 heteroatoms. The van der Waals surface area contributed by atoms with E-state index in [1.807, 2.05) is 0 Å². The first-order valence-electron chi connectivity index (χ1n) is 6.62. The van der Waals surface area contributed by atoms with E-state index in [1.54, 1.807) is 0 Å². The van der Waals surface area contributed by atoms with Gasteiger partial charge >= 0.3 is 0 Å². The molecule has 2 aromatic rings. The molecule has 0 saturated carbocycles. The maximum atomic E-state index is 5.97. The highest BCUT2D eigenvalue weighted by Gasteiger charge is 2.12. The number of rotatable bonds is 5. The molecule has 1 aromatic heterocycles. The first-order valence-corrected chi connectivity index (χ1v) is 6.62. The summed E-state index contributed by atoms with van der Waals surface area (Å²) in [5, 5.41) is 7.22. The van der Waals surface area contributed by atoms with Crippen LogP contribution in [0.1, 0.15) is 37.4 Å². The van der Waals surface area contributed by atoms with E-state index >= 15 is 0 Å². The number of aromatic nitrogens is 2. The normalized spacial score (nSPS) is 10.8. The first-order chi connectivity index (χ1) is 8.72. The van der Waals surface area contributed by atoms with Gasteiger partial charge in [0, 0.05) is 11.3 Å². The van der Waals surface area contributed by atoms with Crippen molar-refractivity contribution in [3.63, 3.8) is 0 Å². The number of nitrogens with two attached hydrogens (primary N) is 1. The number of nitrogen functional groups attached to an aromatic ring is 1. The van der Waals surface area contributed by atoms with E-state index in [-0.39, 0.29) is 0 Å². The molecule has 0 atom stereocenters. The SMILES string of the molecule is CCCCCc1[nH]nc(N)c1-c1ccc(C)cc1. The second-order valence-corrected chi connectivity index (χ2v) is 4.79. The maximum absolute atomic E-state index is 5.97. The summed E-state index contributed by atoms with van der Waals surface area (Å²) in [6.07, 6.45) is 4.66. The molecule has 0 aliphatic rings. The van der Waals surface area contributed by atoms with Crippen LogP contribution in [-0.2, 0) is 6.42 Å². The van der Waals surface area contributed by atoms with E-state index < -0.39 is 0 Å². The van der Waals surface area contributed by atoms with Crippen LogP contribution in [0.5, 0.6) is 0 Å². The Kier molecular flexibility index (Phi) is 4.03. The molecule has 1 heterocycles. The van der Waals surface area contributed by atoms with Crippen LogP contribution in [0.25, 0.3) is 11.1 Å². The molecular formula is C15H21N3. The average molecular weight is 243 g/mol. The molecule has 0 saturated heterocycles. The van der Waals surface area contributed by atoms with Crippen molar-refractivity contribution in [1.82, 2.24) is 10.2 Å². The van der Waals surface area contributed by atoms with Gasteiger partial charge in [-0.1, -0.05) is 49.6 Å². The molecule has 2 rings (SSSR count). The van der Waals surface area contributed by atoms with Gasteiger partial charge in [-0.15, -0.1) is 0 Å². The lowest BCUT2D eigenvalue weighted by atomic mass is 10.0. The summed E-state index contributed by atoms with van der Waals surface area (Å²) in [6.45, 7) is 4.30. The Morgan fingerprint density at radius 1 is 1.17 bits per heavy atom. The van der Waals surface area contributed by atoms with E-state index in [1.165, 1.54) is 24.8 Å². The molecule has 0 spiro atoms. The number of aromatic amines is 1. The number of benzene rings is 1. The van der Waals surface area contributed by atoms with Gasteiger partial charge in [-0.25, -0.2) is 0 Å². The number of hydrogen-bond acceptors (Lipinski definition) is 2. The van der Waals surface area contributed by atoms with Gasteiger partial charge in [-0.2, -0.15) is 5.10 Å². The summed E-state index contributed by atoms with van der Waals surface area (Å²) in [6, 6.07) is 8.44. The summed E-state index contributed by atoms with van der Waals surface area (Å²) >= 11 is 0. The van der Waals surface area contributed by atoms with Crippen LogP contribution in [0.4, 0.5) is 5.82 Å². The number of hydrogen-bond donors (Lipinski definition) is 2.